The first-order chi connectivity index (χ1) is 15.3. The summed E-state index contributed by atoms with van der Waals surface area (Å²) >= 11 is 0. The van der Waals surface area contributed by atoms with E-state index in [2.05, 4.69) is 37.5 Å². The lowest BCUT2D eigenvalue weighted by molar-refractivity contribution is -0.175. The van der Waals surface area contributed by atoms with E-state index in [9.17, 15) is 13.2 Å². The van der Waals surface area contributed by atoms with Crippen molar-refractivity contribution in [3.8, 4) is 0 Å². The SMILES string of the molecule is CCNc1nc(Nc2cnn(C3CCN(C4OCCO4)C(C)C3)c2C)ncc1C(F)(F)F. The van der Waals surface area contributed by atoms with E-state index in [-0.39, 0.29) is 30.3 Å². The summed E-state index contributed by atoms with van der Waals surface area (Å²) in [6.07, 6.45) is -0.591. The summed E-state index contributed by atoms with van der Waals surface area (Å²) < 4.78 is 52.8. The van der Waals surface area contributed by atoms with Crippen molar-refractivity contribution in [1.29, 1.82) is 0 Å². The second-order valence-electron chi connectivity index (χ2n) is 8.01. The quantitative estimate of drug-likeness (QED) is 0.684. The maximum atomic E-state index is 13.2. The molecule has 4 rings (SSSR count). The number of alkyl halides is 3. The lowest BCUT2D eigenvalue weighted by Gasteiger charge is -2.40. The summed E-state index contributed by atoms with van der Waals surface area (Å²) in [6, 6.07) is 0.460. The number of hydrogen-bond donors (Lipinski definition) is 2. The number of anilines is 3. The fraction of sp³-hybridized carbons (Fsp3) is 0.650. The Labute approximate surface area is 184 Å². The predicted octanol–water partition coefficient (Wildman–Crippen LogP) is 3.53. The Morgan fingerprint density at radius 2 is 1.97 bits per heavy atom. The number of aromatic nitrogens is 4. The molecule has 2 atom stereocenters. The molecule has 2 unspecified atom stereocenters. The largest absolute Gasteiger partial charge is 0.421 e. The van der Waals surface area contributed by atoms with E-state index in [1.165, 1.54) is 0 Å². The highest BCUT2D eigenvalue weighted by Gasteiger charge is 2.36. The van der Waals surface area contributed by atoms with E-state index in [1.54, 1.807) is 13.1 Å². The average molecular weight is 455 g/mol. The van der Waals surface area contributed by atoms with Crippen LogP contribution in [0.25, 0.3) is 0 Å². The van der Waals surface area contributed by atoms with Gasteiger partial charge in [0.1, 0.15) is 11.4 Å². The highest BCUT2D eigenvalue weighted by molar-refractivity contribution is 5.58. The molecule has 0 radical (unpaired) electrons. The summed E-state index contributed by atoms with van der Waals surface area (Å²) in [5.41, 5.74) is 0.635. The molecule has 2 fully saturated rings. The summed E-state index contributed by atoms with van der Waals surface area (Å²) in [7, 11) is 0. The van der Waals surface area contributed by atoms with Gasteiger partial charge in [0.25, 0.3) is 0 Å². The Bertz CT molecular complexity index is 930. The molecule has 0 bridgehead atoms. The van der Waals surface area contributed by atoms with Crippen LogP contribution < -0.4 is 10.6 Å². The number of halogens is 3. The number of hydrogen-bond acceptors (Lipinski definition) is 8. The van der Waals surface area contributed by atoms with Gasteiger partial charge in [-0.3, -0.25) is 9.58 Å². The van der Waals surface area contributed by atoms with Crippen molar-refractivity contribution in [1.82, 2.24) is 24.6 Å². The number of ether oxygens (including phenoxy) is 2. The molecule has 0 aliphatic carbocycles. The van der Waals surface area contributed by atoms with Gasteiger partial charge in [-0.2, -0.15) is 23.3 Å². The molecule has 2 N–H and O–H groups in total. The third-order valence-electron chi connectivity index (χ3n) is 5.85. The van der Waals surface area contributed by atoms with Crippen LogP contribution >= 0.6 is 0 Å². The summed E-state index contributed by atoms with van der Waals surface area (Å²) in [5, 5.41) is 10.2. The maximum Gasteiger partial charge on any atom is 0.421 e. The molecule has 12 heteroatoms. The van der Waals surface area contributed by atoms with Gasteiger partial charge < -0.3 is 20.1 Å². The highest BCUT2D eigenvalue weighted by atomic mass is 19.4. The van der Waals surface area contributed by atoms with Crippen LogP contribution in [0.3, 0.4) is 0 Å². The number of rotatable bonds is 6. The summed E-state index contributed by atoms with van der Waals surface area (Å²) in [5.74, 6) is -0.171. The monoisotopic (exact) mass is 455 g/mol. The molecule has 0 spiro atoms. The van der Waals surface area contributed by atoms with Crippen LogP contribution in [0.1, 0.15) is 44.0 Å². The molecule has 0 amide bonds. The number of nitrogens with zero attached hydrogens (tertiary/aromatic N) is 5. The third kappa shape index (κ3) is 4.66. The van der Waals surface area contributed by atoms with Crippen LogP contribution in [-0.2, 0) is 15.7 Å². The van der Waals surface area contributed by atoms with E-state index < -0.39 is 11.7 Å². The topological polar surface area (TPSA) is 89.4 Å². The molecule has 9 nitrogen and oxygen atoms in total. The molecule has 4 heterocycles. The molecular weight excluding hydrogens is 427 g/mol. The van der Waals surface area contributed by atoms with Gasteiger partial charge in [-0.05, 0) is 33.6 Å². The third-order valence-corrected chi connectivity index (χ3v) is 5.85. The summed E-state index contributed by atoms with van der Waals surface area (Å²) in [6.45, 7) is 8.15. The molecule has 2 aliphatic rings. The van der Waals surface area contributed by atoms with E-state index in [0.717, 1.165) is 31.3 Å². The standard InChI is InChI=1S/C20H28F3N7O2/c1-4-24-17-15(20(21,22)23)10-25-18(28-17)27-16-11-26-30(13(16)3)14-5-6-29(12(2)9-14)19-31-7-8-32-19/h10-12,14,19H,4-9H2,1-3H3,(H2,24,25,27,28). The predicted molar refractivity (Wildman–Crippen MR) is 112 cm³/mol. The fourth-order valence-electron chi connectivity index (χ4n) is 4.22. The van der Waals surface area contributed by atoms with Crippen molar-refractivity contribution in [2.24, 2.45) is 0 Å². The Morgan fingerprint density at radius 1 is 1.22 bits per heavy atom. The van der Waals surface area contributed by atoms with Crippen LogP contribution in [-0.4, -0.2) is 63.4 Å². The van der Waals surface area contributed by atoms with Crippen molar-refractivity contribution < 1.29 is 22.6 Å². The molecular formula is C20H28F3N7O2. The number of likely N-dealkylation sites (tertiary alicyclic amines) is 1. The van der Waals surface area contributed by atoms with Gasteiger partial charge in [-0.25, -0.2) is 4.98 Å². The summed E-state index contributed by atoms with van der Waals surface area (Å²) in [4.78, 5) is 10.1. The first-order valence-corrected chi connectivity index (χ1v) is 10.8. The van der Waals surface area contributed by atoms with Gasteiger partial charge in [-0.15, -0.1) is 0 Å². The van der Waals surface area contributed by atoms with Crippen molar-refractivity contribution in [2.75, 3.05) is 36.9 Å². The minimum Gasteiger partial charge on any atom is -0.370 e. The van der Waals surface area contributed by atoms with Crippen LogP contribution in [0, 0.1) is 6.92 Å². The molecule has 2 saturated heterocycles. The molecule has 0 saturated carbocycles. The Kier molecular flexibility index (Phi) is 6.54. The van der Waals surface area contributed by atoms with E-state index in [0.29, 0.717) is 25.4 Å². The van der Waals surface area contributed by atoms with Crippen LogP contribution in [0.15, 0.2) is 12.4 Å². The molecule has 0 aromatic carbocycles. The van der Waals surface area contributed by atoms with Gasteiger partial charge in [0.05, 0.1) is 36.8 Å². The van der Waals surface area contributed by atoms with Gasteiger partial charge in [0, 0.05) is 25.3 Å². The average Bonchev–Trinajstić information content (AvgIpc) is 3.38. The van der Waals surface area contributed by atoms with Crippen LogP contribution in [0.4, 0.5) is 30.6 Å². The highest BCUT2D eigenvalue weighted by Crippen LogP contribution is 2.35. The molecule has 2 aliphatic heterocycles. The van der Waals surface area contributed by atoms with Gasteiger partial charge in [0.15, 0.2) is 0 Å². The second-order valence-corrected chi connectivity index (χ2v) is 8.01. The molecule has 32 heavy (non-hydrogen) atoms. The first-order valence-electron chi connectivity index (χ1n) is 10.8. The zero-order valence-corrected chi connectivity index (χ0v) is 18.3. The van der Waals surface area contributed by atoms with Gasteiger partial charge in [0.2, 0.25) is 12.4 Å². The first kappa shape index (κ1) is 22.7. The normalized spacial score (nSPS) is 22.9. The minimum absolute atomic E-state index is 0.0790. The van der Waals surface area contributed by atoms with E-state index in [1.807, 2.05) is 11.6 Å². The molecule has 2 aromatic rings. The van der Waals surface area contributed by atoms with Gasteiger partial charge >= 0.3 is 6.18 Å². The maximum absolute atomic E-state index is 13.2. The lowest BCUT2D eigenvalue weighted by atomic mass is 9.98. The Hall–Kier alpha value is -2.44. The van der Waals surface area contributed by atoms with Crippen molar-refractivity contribution >= 4 is 17.5 Å². The molecule has 176 valence electrons. The van der Waals surface area contributed by atoms with Crippen LogP contribution in [0.2, 0.25) is 0 Å². The zero-order valence-electron chi connectivity index (χ0n) is 18.3. The van der Waals surface area contributed by atoms with E-state index in [4.69, 9.17) is 9.47 Å². The van der Waals surface area contributed by atoms with Gasteiger partial charge in [-0.1, -0.05) is 0 Å². The lowest BCUT2D eigenvalue weighted by Crippen LogP contribution is -2.48. The minimum atomic E-state index is -4.53. The number of piperidine rings is 1. The Morgan fingerprint density at radius 3 is 2.62 bits per heavy atom. The second kappa shape index (κ2) is 9.20. The molecule has 2 aromatic heterocycles. The van der Waals surface area contributed by atoms with Crippen molar-refractivity contribution in [2.45, 2.75) is 58.3 Å². The van der Waals surface area contributed by atoms with Crippen molar-refractivity contribution in [3.05, 3.63) is 23.7 Å². The zero-order chi connectivity index (χ0) is 22.9. The van der Waals surface area contributed by atoms with Crippen LogP contribution in [0.5, 0.6) is 0 Å². The Balaban J connectivity index is 1.47. The number of nitrogens with one attached hydrogen (secondary N) is 2. The van der Waals surface area contributed by atoms with Crippen molar-refractivity contribution in [3.63, 3.8) is 0 Å². The smallest absolute Gasteiger partial charge is 0.370 e. The fourth-order valence-corrected chi connectivity index (χ4v) is 4.22. The van der Waals surface area contributed by atoms with E-state index >= 15 is 0 Å².